The van der Waals surface area contributed by atoms with Gasteiger partial charge >= 0.3 is 0 Å². The summed E-state index contributed by atoms with van der Waals surface area (Å²) >= 11 is 0. The predicted molar refractivity (Wildman–Crippen MR) is 260 cm³/mol. The molecule has 0 N–H and O–H groups in total. The lowest BCUT2D eigenvalue weighted by Gasteiger charge is -2.17. The summed E-state index contributed by atoms with van der Waals surface area (Å²) in [6, 6.07) is 78.2. The Balaban J connectivity index is 1.16. The molecular weight excluding hydrogens is 781 g/mol. The summed E-state index contributed by atoms with van der Waals surface area (Å²) in [4.78, 5) is 15.4. The van der Waals surface area contributed by atoms with Gasteiger partial charge in [-0.15, -0.1) is 0 Å². The van der Waals surface area contributed by atoms with Crippen molar-refractivity contribution < 1.29 is 0 Å². The smallest absolute Gasteiger partial charge is 0.166 e. The van der Waals surface area contributed by atoms with Crippen LogP contribution < -0.4 is 0 Å². The second kappa shape index (κ2) is 15.2. The van der Waals surface area contributed by atoms with Crippen LogP contribution in [-0.4, -0.2) is 24.1 Å². The zero-order chi connectivity index (χ0) is 42.6. The van der Waals surface area contributed by atoms with E-state index >= 15 is 0 Å². The summed E-state index contributed by atoms with van der Waals surface area (Å²) in [6.45, 7) is 0. The van der Waals surface area contributed by atoms with Crippen LogP contribution in [0.1, 0.15) is 5.56 Å². The summed E-state index contributed by atoms with van der Waals surface area (Å²) in [6.07, 6.45) is 0. The molecule has 0 atom stereocenters. The van der Waals surface area contributed by atoms with Crippen molar-refractivity contribution in [3.05, 3.63) is 224 Å². The topological polar surface area (TPSA) is 72.3 Å². The Hall–Kier alpha value is -8.92. The van der Waals surface area contributed by atoms with Crippen molar-refractivity contribution in [2.24, 2.45) is 0 Å². The fourth-order valence-electron chi connectivity index (χ4n) is 9.43. The summed E-state index contributed by atoms with van der Waals surface area (Å²) in [5.41, 5.74) is 13.8. The molecule has 0 radical (unpaired) electrons. The number of hydrogen-bond donors (Lipinski definition) is 0. The lowest BCUT2D eigenvalue weighted by atomic mass is 9.95. The maximum Gasteiger partial charge on any atom is 0.166 e. The van der Waals surface area contributed by atoms with E-state index in [2.05, 4.69) is 173 Å². The lowest BCUT2D eigenvalue weighted by Crippen LogP contribution is -2.04. The highest BCUT2D eigenvalue weighted by atomic mass is 15.1. The molecule has 12 rings (SSSR count). The van der Waals surface area contributed by atoms with E-state index in [1.807, 2.05) is 54.6 Å². The maximum absolute atomic E-state index is 10.2. The molecule has 0 unspecified atom stereocenters. The Bertz CT molecular complexity index is 3790. The molecular formula is C58H36N6. The van der Waals surface area contributed by atoms with E-state index in [0.717, 1.165) is 72.0 Å². The van der Waals surface area contributed by atoms with Gasteiger partial charge in [-0.1, -0.05) is 158 Å². The standard InChI is InChI=1S/C58H36N6/c59-37-41-22-10-11-25-43(41)57-60-56(39-20-6-2-7-21-39)61-58(62-57)48-35-34-40(38-18-4-1-5-19-38)36-53(48)64-50-31-15-13-27-47(50)55-45(29-17-33-52(55)64)44-28-16-32-51-54(44)46-26-12-14-30-49(46)63(51)42-23-8-3-9-24-42/h1-36H. The van der Waals surface area contributed by atoms with Crippen LogP contribution in [0.4, 0.5) is 0 Å². The number of nitriles is 1. The van der Waals surface area contributed by atoms with Gasteiger partial charge in [0.15, 0.2) is 17.5 Å². The Labute approximate surface area is 369 Å². The molecule has 0 amide bonds. The summed E-state index contributed by atoms with van der Waals surface area (Å²) in [7, 11) is 0. The molecule has 6 heteroatoms. The minimum absolute atomic E-state index is 0.436. The van der Waals surface area contributed by atoms with Crippen molar-refractivity contribution in [1.29, 1.82) is 5.26 Å². The molecule has 9 aromatic carbocycles. The molecule has 0 fully saturated rings. The van der Waals surface area contributed by atoms with Crippen LogP contribution >= 0.6 is 0 Å². The molecule has 298 valence electrons. The van der Waals surface area contributed by atoms with Gasteiger partial charge in [0.05, 0.1) is 39.4 Å². The Morgan fingerprint density at radius 3 is 1.48 bits per heavy atom. The lowest BCUT2D eigenvalue weighted by molar-refractivity contribution is 1.06. The van der Waals surface area contributed by atoms with Gasteiger partial charge in [-0.3, -0.25) is 0 Å². The molecule has 0 aliphatic heterocycles. The molecule has 0 bridgehead atoms. The first-order valence-electron chi connectivity index (χ1n) is 21.3. The van der Waals surface area contributed by atoms with E-state index in [0.29, 0.717) is 28.6 Å². The van der Waals surface area contributed by atoms with Gasteiger partial charge in [-0.2, -0.15) is 5.26 Å². The second-order valence-corrected chi connectivity index (χ2v) is 15.9. The molecule has 3 aromatic heterocycles. The highest BCUT2D eigenvalue weighted by molar-refractivity contribution is 6.22. The van der Waals surface area contributed by atoms with Crippen molar-refractivity contribution in [2.75, 3.05) is 0 Å². The van der Waals surface area contributed by atoms with Crippen LogP contribution in [0.5, 0.6) is 0 Å². The summed E-state index contributed by atoms with van der Waals surface area (Å²) < 4.78 is 4.75. The molecule has 0 aliphatic carbocycles. The van der Waals surface area contributed by atoms with Crippen molar-refractivity contribution >= 4 is 43.6 Å². The fourth-order valence-corrected chi connectivity index (χ4v) is 9.43. The molecule has 3 heterocycles. The molecule has 12 aromatic rings. The number of rotatable bonds is 7. The van der Waals surface area contributed by atoms with Crippen molar-refractivity contribution in [3.8, 4) is 73.9 Å². The molecule has 0 saturated carbocycles. The zero-order valence-electron chi connectivity index (χ0n) is 34.5. The van der Waals surface area contributed by atoms with Crippen LogP contribution in [0.25, 0.3) is 111 Å². The summed E-state index contributed by atoms with van der Waals surface area (Å²) in [5.74, 6) is 1.47. The first kappa shape index (κ1) is 36.9. The van der Waals surface area contributed by atoms with E-state index in [1.165, 1.54) is 16.3 Å². The minimum Gasteiger partial charge on any atom is -0.309 e. The highest BCUT2D eigenvalue weighted by Gasteiger charge is 2.24. The van der Waals surface area contributed by atoms with E-state index in [9.17, 15) is 5.26 Å². The third kappa shape index (κ3) is 5.99. The average molecular weight is 817 g/mol. The number of nitrogens with zero attached hydrogens (tertiary/aromatic N) is 6. The first-order chi connectivity index (χ1) is 31.7. The zero-order valence-corrected chi connectivity index (χ0v) is 34.5. The number of hydrogen-bond acceptors (Lipinski definition) is 4. The quantitative estimate of drug-likeness (QED) is 0.161. The van der Waals surface area contributed by atoms with E-state index in [-0.39, 0.29) is 0 Å². The second-order valence-electron chi connectivity index (χ2n) is 15.9. The first-order valence-corrected chi connectivity index (χ1v) is 21.3. The molecule has 0 aliphatic rings. The number of para-hydroxylation sites is 3. The monoisotopic (exact) mass is 816 g/mol. The van der Waals surface area contributed by atoms with Gasteiger partial charge in [0, 0.05) is 43.9 Å². The Kier molecular flexibility index (Phi) is 8.77. The average Bonchev–Trinajstić information content (AvgIpc) is 3.90. The molecule has 0 saturated heterocycles. The molecule has 0 spiro atoms. The van der Waals surface area contributed by atoms with Crippen LogP contribution in [0.15, 0.2) is 218 Å². The third-order valence-corrected chi connectivity index (χ3v) is 12.2. The fraction of sp³-hybridized carbons (Fsp3) is 0. The Morgan fingerprint density at radius 1 is 0.344 bits per heavy atom. The van der Waals surface area contributed by atoms with Crippen molar-refractivity contribution in [3.63, 3.8) is 0 Å². The van der Waals surface area contributed by atoms with Crippen molar-refractivity contribution in [1.82, 2.24) is 24.1 Å². The van der Waals surface area contributed by atoms with Crippen molar-refractivity contribution in [2.45, 2.75) is 0 Å². The predicted octanol–water partition coefficient (Wildman–Crippen LogP) is 14.3. The Morgan fingerprint density at radius 2 is 0.828 bits per heavy atom. The summed E-state index contributed by atoms with van der Waals surface area (Å²) in [5, 5.41) is 14.9. The molecule has 6 nitrogen and oxygen atoms in total. The van der Waals surface area contributed by atoms with Gasteiger partial charge in [-0.05, 0) is 82.9 Å². The van der Waals surface area contributed by atoms with Crippen LogP contribution in [0.2, 0.25) is 0 Å². The number of fused-ring (bicyclic) bond motifs is 6. The van der Waals surface area contributed by atoms with E-state index in [4.69, 9.17) is 15.0 Å². The number of aromatic nitrogens is 5. The third-order valence-electron chi connectivity index (χ3n) is 12.2. The van der Waals surface area contributed by atoms with Gasteiger partial charge in [0.2, 0.25) is 0 Å². The highest BCUT2D eigenvalue weighted by Crippen LogP contribution is 2.45. The van der Waals surface area contributed by atoms with Gasteiger partial charge in [0.1, 0.15) is 0 Å². The van der Waals surface area contributed by atoms with E-state index in [1.54, 1.807) is 6.07 Å². The minimum atomic E-state index is 0.436. The van der Waals surface area contributed by atoms with Gasteiger partial charge in [-0.25, -0.2) is 15.0 Å². The normalized spacial score (nSPS) is 11.4. The maximum atomic E-state index is 10.2. The van der Waals surface area contributed by atoms with Gasteiger partial charge in [0.25, 0.3) is 0 Å². The van der Waals surface area contributed by atoms with Crippen LogP contribution in [-0.2, 0) is 0 Å². The largest absolute Gasteiger partial charge is 0.309 e. The SMILES string of the molecule is N#Cc1ccccc1-c1nc(-c2ccccc2)nc(-c2ccc(-c3ccccc3)cc2-n2c3ccccc3c3c(-c4cccc5c4c4ccccc4n5-c4ccccc4)cccc32)n1. The van der Waals surface area contributed by atoms with Crippen LogP contribution in [0.3, 0.4) is 0 Å². The van der Waals surface area contributed by atoms with Gasteiger partial charge < -0.3 is 9.13 Å². The van der Waals surface area contributed by atoms with Crippen LogP contribution in [0, 0.1) is 11.3 Å². The van der Waals surface area contributed by atoms with E-state index < -0.39 is 0 Å². The molecule has 64 heavy (non-hydrogen) atoms. The number of benzene rings is 9.